The SMILES string of the molecule is [2H]C([2H])([2H])c1c[c-]c(-c2ccc(C([2H])([2H])[2H])cn2)cc1.[2H]C([2H])(c1ccccc1)c1cc(-c2[c-]cccc2)ncc1-c1ccccc1.[Ir]. The summed E-state index contributed by atoms with van der Waals surface area (Å²) in [5.41, 5.74) is 6.07. The molecule has 4 aromatic carbocycles. The van der Waals surface area contributed by atoms with E-state index >= 15 is 0 Å². The van der Waals surface area contributed by atoms with E-state index in [1.54, 1.807) is 18.3 Å². The first kappa shape index (κ1) is 19.8. The molecule has 2 nitrogen and oxygen atoms in total. The molecule has 0 spiro atoms. The zero-order valence-corrected chi connectivity index (χ0v) is 23.8. The molecule has 1 radical (unpaired) electrons. The van der Waals surface area contributed by atoms with Gasteiger partial charge in [0, 0.05) is 49.0 Å². The summed E-state index contributed by atoms with van der Waals surface area (Å²) in [6, 6.07) is 42.2. The van der Waals surface area contributed by atoms with Gasteiger partial charge in [0.2, 0.25) is 0 Å². The Kier molecular flexibility index (Phi) is 7.08. The minimum atomic E-state index is -2.18. The number of aromatic nitrogens is 2. The van der Waals surface area contributed by atoms with Crippen LogP contribution in [0.15, 0.2) is 134 Å². The summed E-state index contributed by atoms with van der Waals surface area (Å²) in [7, 11) is 0. The molecule has 0 bridgehead atoms. The minimum Gasteiger partial charge on any atom is -0.304 e. The summed E-state index contributed by atoms with van der Waals surface area (Å²) < 4.78 is 61.4. The van der Waals surface area contributed by atoms with Crippen molar-refractivity contribution in [3.05, 3.63) is 168 Å². The molecule has 199 valence electrons. The molecular weight excluding hydrogens is 665 g/mol. The van der Waals surface area contributed by atoms with Crippen LogP contribution >= 0.6 is 0 Å². The fraction of sp³-hybridized carbons (Fsp3) is 0.0811. The second-order valence-corrected chi connectivity index (χ2v) is 8.67. The predicted molar refractivity (Wildman–Crippen MR) is 161 cm³/mol. The van der Waals surface area contributed by atoms with Gasteiger partial charge in [-0.2, -0.15) is 0 Å². The Morgan fingerprint density at radius 2 is 1.38 bits per heavy atom. The third-order valence-corrected chi connectivity index (χ3v) is 5.88. The van der Waals surface area contributed by atoms with E-state index < -0.39 is 20.1 Å². The van der Waals surface area contributed by atoms with Crippen molar-refractivity contribution in [3.63, 3.8) is 0 Å². The second-order valence-electron chi connectivity index (χ2n) is 8.67. The molecule has 3 heteroatoms. The summed E-state index contributed by atoms with van der Waals surface area (Å²) in [5, 5.41) is 0. The summed E-state index contributed by atoms with van der Waals surface area (Å²) in [6.07, 6.45) is 1.41. The molecule has 0 atom stereocenters. The number of pyridine rings is 2. The van der Waals surface area contributed by atoms with Crippen LogP contribution in [-0.4, -0.2) is 9.97 Å². The third-order valence-electron chi connectivity index (χ3n) is 5.88. The molecule has 0 fully saturated rings. The maximum atomic E-state index is 8.89. The van der Waals surface area contributed by atoms with Gasteiger partial charge in [-0.15, -0.1) is 71.3 Å². The van der Waals surface area contributed by atoms with Gasteiger partial charge in [-0.05, 0) is 46.9 Å². The van der Waals surface area contributed by atoms with E-state index in [1.807, 2.05) is 91.0 Å². The summed E-state index contributed by atoms with van der Waals surface area (Å²) >= 11 is 0. The average molecular weight is 703 g/mol. The van der Waals surface area contributed by atoms with Gasteiger partial charge in [-0.3, -0.25) is 0 Å². The predicted octanol–water partition coefficient (Wildman–Crippen LogP) is 8.97. The van der Waals surface area contributed by atoms with Gasteiger partial charge in [0.15, 0.2) is 0 Å². The molecule has 40 heavy (non-hydrogen) atoms. The number of benzene rings is 4. The summed E-state index contributed by atoms with van der Waals surface area (Å²) in [4.78, 5) is 8.67. The van der Waals surface area contributed by atoms with Crippen molar-refractivity contribution in [2.75, 3.05) is 0 Å². The van der Waals surface area contributed by atoms with Gasteiger partial charge < -0.3 is 9.97 Å². The molecule has 0 aliphatic heterocycles. The molecule has 2 heterocycles. The van der Waals surface area contributed by atoms with Crippen LogP contribution in [0.3, 0.4) is 0 Å². The second kappa shape index (κ2) is 14.3. The standard InChI is InChI=1S/C24H18N.C13H12N.Ir/c1-4-10-19(11-5-1)16-22-17-24(21-14-8-3-9-15-21)25-18-23(22)20-12-6-2-7-13-20;1-10-3-6-12(7-4-10)13-8-5-11(2)9-14-13;/h1-14,17-18H,16H2;3-6,8-9H,1-2H3;/q2*-1;/i16D2;1D3,2D3;. The fourth-order valence-electron chi connectivity index (χ4n) is 3.92. The first-order valence-corrected chi connectivity index (χ1v) is 12.4. The van der Waals surface area contributed by atoms with Crippen LogP contribution in [0.4, 0.5) is 0 Å². The van der Waals surface area contributed by atoms with Crippen LogP contribution in [0, 0.1) is 25.8 Å². The molecule has 0 saturated carbocycles. The molecular formula is C37H30IrN2-2. The largest absolute Gasteiger partial charge is 0.304 e. The Morgan fingerprint density at radius 3 is 2.02 bits per heavy atom. The van der Waals surface area contributed by atoms with Crippen LogP contribution < -0.4 is 0 Å². The average Bonchev–Trinajstić information content (AvgIpc) is 3.09. The van der Waals surface area contributed by atoms with E-state index in [1.165, 1.54) is 24.4 Å². The molecule has 0 amide bonds. The molecule has 6 aromatic rings. The van der Waals surface area contributed by atoms with Crippen molar-refractivity contribution in [2.45, 2.75) is 20.1 Å². The Hall–Kier alpha value is -4.17. The van der Waals surface area contributed by atoms with Gasteiger partial charge in [0.05, 0.1) is 0 Å². The van der Waals surface area contributed by atoms with Crippen molar-refractivity contribution < 1.29 is 31.1 Å². The van der Waals surface area contributed by atoms with Gasteiger partial charge in [0.1, 0.15) is 0 Å². The first-order valence-electron chi connectivity index (χ1n) is 16.4. The van der Waals surface area contributed by atoms with Crippen LogP contribution in [0.2, 0.25) is 0 Å². The van der Waals surface area contributed by atoms with Crippen molar-refractivity contribution in [1.82, 2.24) is 9.97 Å². The van der Waals surface area contributed by atoms with E-state index in [4.69, 9.17) is 11.0 Å². The molecule has 2 aromatic heterocycles. The van der Waals surface area contributed by atoms with Crippen LogP contribution in [0.1, 0.15) is 33.2 Å². The summed E-state index contributed by atoms with van der Waals surface area (Å²) in [6.45, 7) is -4.34. The van der Waals surface area contributed by atoms with Crippen LogP contribution in [0.25, 0.3) is 33.6 Å². The number of nitrogens with zero attached hydrogens (tertiary/aromatic N) is 2. The van der Waals surface area contributed by atoms with E-state index in [0.29, 0.717) is 28.1 Å². The first-order chi connectivity index (χ1) is 22.3. The van der Waals surface area contributed by atoms with E-state index in [-0.39, 0.29) is 31.2 Å². The van der Waals surface area contributed by atoms with Gasteiger partial charge in [0.25, 0.3) is 0 Å². The normalized spacial score (nSPS) is 14.1. The Labute approximate surface area is 262 Å². The molecule has 0 unspecified atom stereocenters. The molecule has 0 saturated heterocycles. The zero-order valence-electron chi connectivity index (χ0n) is 29.4. The van der Waals surface area contributed by atoms with Crippen molar-refractivity contribution in [2.24, 2.45) is 0 Å². The van der Waals surface area contributed by atoms with Crippen LogP contribution in [-0.2, 0) is 26.5 Å². The Balaban J connectivity index is 0.000000222. The van der Waals surface area contributed by atoms with Gasteiger partial charge in [-0.25, -0.2) is 0 Å². The van der Waals surface area contributed by atoms with Crippen molar-refractivity contribution in [3.8, 4) is 33.6 Å². The van der Waals surface area contributed by atoms with Gasteiger partial charge >= 0.3 is 0 Å². The maximum absolute atomic E-state index is 8.89. The third kappa shape index (κ3) is 7.70. The Bertz CT molecular complexity index is 1840. The maximum Gasteiger partial charge on any atom is 0.0366 e. The molecule has 6 rings (SSSR count). The van der Waals surface area contributed by atoms with Gasteiger partial charge in [-0.1, -0.05) is 85.7 Å². The monoisotopic (exact) mass is 703 g/mol. The number of hydrogen-bond donors (Lipinski definition) is 0. The number of rotatable bonds is 5. The van der Waals surface area contributed by atoms with Crippen LogP contribution in [0.5, 0.6) is 0 Å². The smallest absolute Gasteiger partial charge is 0.0366 e. The minimum absolute atomic E-state index is 0. The summed E-state index contributed by atoms with van der Waals surface area (Å²) in [5.74, 6) is 0. The number of aryl methyl sites for hydroxylation is 2. The van der Waals surface area contributed by atoms with E-state index in [2.05, 4.69) is 22.1 Å². The van der Waals surface area contributed by atoms with Crippen molar-refractivity contribution >= 4 is 0 Å². The molecule has 0 aliphatic rings. The fourth-order valence-corrected chi connectivity index (χ4v) is 3.92. The Morgan fingerprint density at radius 1 is 0.675 bits per heavy atom. The van der Waals surface area contributed by atoms with E-state index in [9.17, 15) is 0 Å². The topological polar surface area (TPSA) is 25.8 Å². The zero-order chi connectivity index (χ0) is 33.7. The van der Waals surface area contributed by atoms with Crippen molar-refractivity contribution in [1.29, 1.82) is 0 Å². The quantitative estimate of drug-likeness (QED) is 0.168. The molecule has 0 N–H and O–H groups in total. The number of hydrogen-bond acceptors (Lipinski definition) is 2. The molecule has 0 aliphatic carbocycles. The van der Waals surface area contributed by atoms with E-state index in [0.717, 1.165) is 16.7 Å².